The van der Waals surface area contributed by atoms with Gasteiger partial charge in [-0.1, -0.05) is 395 Å². The summed E-state index contributed by atoms with van der Waals surface area (Å²) in [6, 6.07) is 0. The Morgan fingerprint density at radius 3 is 0.731 bits per heavy atom. The minimum Gasteiger partial charge on any atom is -0.462 e. The monoisotopic (exact) mass is 1520 g/mol. The van der Waals surface area contributed by atoms with Gasteiger partial charge in [0.1, 0.15) is 19.3 Å². The number of phosphoric ester groups is 2. The molecule has 0 saturated carbocycles. The summed E-state index contributed by atoms with van der Waals surface area (Å²) in [5.41, 5.74) is 0. The van der Waals surface area contributed by atoms with Crippen molar-refractivity contribution in [2.75, 3.05) is 39.6 Å². The molecular formula is C85H166O17P2. The number of aliphatic hydroxyl groups is 1. The standard InChI is InChI=1S/C85H166O17P2/c1-8-11-12-13-14-15-16-17-18-21-25-28-31-37-45-52-59-66-82(87)95-72-80(101-84(89)68-61-54-47-38-32-29-26-23-20-19-22-24-27-30-36-43-50-57-64-77(6)9-2)74-99-103(91,92)97-70-79(86)71-98-104(93,94)100-75-81(73-96-83(88)67-60-53-46-41-40-44-51-58-65-78(7)10-3)102-85(90)69-62-55-48-39-34-33-35-42-49-56-63-76(4)5/h76-81,86H,8-75H2,1-7H3,(H,91,92)(H,93,94)/t77?,78?,79-,80-,81-/m1/s1. The number of carbonyl (C=O) groups excluding carboxylic acids is 4. The first-order chi connectivity index (χ1) is 50.3. The van der Waals surface area contributed by atoms with Crippen molar-refractivity contribution >= 4 is 39.5 Å². The van der Waals surface area contributed by atoms with Crippen molar-refractivity contribution in [3.8, 4) is 0 Å². The van der Waals surface area contributed by atoms with E-state index in [1.807, 2.05) is 0 Å². The lowest BCUT2D eigenvalue weighted by molar-refractivity contribution is -0.161. The summed E-state index contributed by atoms with van der Waals surface area (Å²) in [7, 11) is -9.93. The van der Waals surface area contributed by atoms with E-state index in [-0.39, 0.29) is 25.7 Å². The minimum atomic E-state index is -4.97. The molecule has 0 heterocycles. The molecule has 0 aromatic carbocycles. The molecule has 0 rings (SSSR count). The molecule has 0 fully saturated rings. The van der Waals surface area contributed by atoms with E-state index >= 15 is 0 Å². The molecule has 618 valence electrons. The van der Waals surface area contributed by atoms with Crippen molar-refractivity contribution < 1.29 is 80.2 Å². The fourth-order valence-corrected chi connectivity index (χ4v) is 14.7. The van der Waals surface area contributed by atoms with Crippen LogP contribution in [0.2, 0.25) is 0 Å². The molecule has 0 aliphatic heterocycles. The first kappa shape index (κ1) is 102. The van der Waals surface area contributed by atoms with Crippen molar-refractivity contribution in [2.24, 2.45) is 17.8 Å². The lowest BCUT2D eigenvalue weighted by atomic mass is 9.99. The van der Waals surface area contributed by atoms with Crippen molar-refractivity contribution in [2.45, 2.75) is 465 Å². The normalized spacial score (nSPS) is 14.4. The fourth-order valence-electron chi connectivity index (χ4n) is 13.1. The summed E-state index contributed by atoms with van der Waals surface area (Å²) in [6.45, 7) is 12.0. The Hall–Kier alpha value is -1.94. The van der Waals surface area contributed by atoms with Gasteiger partial charge in [-0.25, -0.2) is 9.13 Å². The predicted molar refractivity (Wildman–Crippen MR) is 428 cm³/mol. The Morgan fingerprint density at radius 1 is 0.279 bits per heavy atom. The third kappa shape index (κ3) is 75.5. The van der Waals surface area contributed by atoms with Crippen molar-refractivity contribution in [3.05, 3.63) is 0 Å². The van der Waals surface area contributed by atoms with Crippen LogP contribution in [0.15, 0.2) is 0 Å². The maximum Gasteiger partial charge on any atom is 0.472 e. The third-order valence-electron chi connectivity index (χ3n) is 20.6. The van der Waals surface area contributed by atoms with Crippen LogP contribution < -0.4 is 0 Å². The largest absolute Gasteiger partial charge is 0.472 e. The number of hydrogen-bond donors (Lipinski definition) is 3. The second-order valence-electron chi connectivity index (χ2n) is 31.5. The number of esters is 4. The van der Waals surface area contributed by atoms with E-state index in [4.69, 9.17) is 37.0 Å². The minimum absolute atomic E-state index is 0.106. The van der Waals surface area contributed by atoms with Crippen LogP contribution in [0, 0.1) is 17.8 Å². The number of hydrogen-bond acceptors (Lipinski definition) is 15. The van der Waals surface area contributed by atoms with Gasteiger partial charge < -0.3 is 33.8 Å². The molecule has 0 bridgehead atoms. The van der Waals surface area contributed by atoms with Crippen LogP contribution in [-0.2, 0) is 65.4 Å². The van der Waals surface area contributed by atoms with E-state index in [9.17, 15) is 43.2 Å². The lowest BCUT2D eigenvalue weighted by Crippen LogP contribution is -2.30. The maximum absolute atomic E-state index is 13.1. The molecule has 0 amide bonds. The first-order valence-corrected chi connectivity index (χ1v) is 46.9. The average Bonchev–Trinajstić information content (AvgIpc) is 0.903. The Balaban J connectivity index is 5.24. The number of phosphoric acid groups is 2. The number of carbonyl (C=O) groups is 4. The van der Waals surface area contributed by atoms with Gasteiger partial charge in [0.25, 0.3) is 0 Å². The van der Waals surface area contributed by atoms with Crippen LogP contribution in [0.25, 0.3) is 0 Å². The Morgan fingerprint density at radius 2 is 0.490 bits per heavy atom. The van der Waals surface area contributed by atoms with Gasteiger partial charge in [0.15, 0.2) is 12.2 Å². The SMILES string of the molecule is CCCCCCCCCCCCCCCCCCCC(=O)OC[C@H](COP(=O)(O)OC[C@@H](O)COP(=O)(O)OC[C@@H](COC(=O)CCCCCCCCCCC(C)CC)OC(=O)CCCCCCCCCCCCC(C)C)OC(=O)CCCCCCCCCCCCCCCCCCCCC(C)CC. The summed E-state index contributed by atoms with van der Waals surface area (Å²) in [4.78, 5) is 73.2. The zero-order valence-electron chi connectivity index (χ0n) is 68.5. The summed E-state index contributed by atoms with van der Waals surface area (Å²) in [6.07, 6.45) is 65.2. The lowest BCUT2D eigenvalue weighted by Gasteiger charge is -2.21. The third-order valence-corrected chi connectivity index (χ3v) is 22.5. The van der Waals surface area contributed by atoms with Crippen molar-refractivity contribution in [1.29, 1.82) is 0 Å². The quantitative estimate of drug-likeness (QED) is 0.0222. The number of unbranched alkanes of at least 4 members (excludes halogenated alkanes) is 49. The molecule has 3 N–H and O–H groups in total. The van der Waals surface area contributed by atoms with Gasteiger partial charge in [0.05, 0.1) is 26.4 Å². The molecule has 0 saturated heterocycles. The zero-order valence-corrected chi connectivity index (χ0v) is 70.3. The highest BCUT2D eigenvalue weighted by atomic mass is 31.2. The van der Waals surface area contributed by atoms with E-state index in [0.29, 0.717) is 25.7 Å². The number of rotatable bonds is 83. The summed E-state index contributed by atoms with van der Waals surface area (Å²) in [5, 5.41) is 10.7. The van der Waals surface area contributed by atoms with E-state index < -0.39 is 97.5 Å². The molecule has 19 heteroatoms. The molecule has 0 aliphatic rings. The second kappa shape index (κ2) is 75.1. The van der Waals surface area contributed by atoms with Crippen LogP contribution in [0.4, 0.5) is 0 Å². The van der Waals surface area contributed by atoms with Gasteiger partial charge in [0.2, 0.25) is 0 Å². The molecule has 0 aromatic rings. The molecule has 7 atom stereocenters. The smallest absolute Gasteiger partial charge is 0.462 e. The van der Waals surface area contributed by atoms with E-state index in [0.717, 1.165) is 108 Å². The predicted octanol–water partition coefficient (Wildman–Crippen LogP) is 25.7. The van der Waals surface area contributed by atoms with Crippen LogP contribution in [0.3, 0.4) is 0 Å². The molecule has 104 heavy (non-hydrogen) atoms. The van der Waals surface area contributed by atoms with Crippen molar-refractivity contribution in [3.63, 3.8) is 0 Å². The molecule has 0 aromatic heterocycles. The molecule has 17 nitrogen and oxygen atoms in total. The van der Waals surface area contributed by atoms with Gasteiger partial charge in [0, 0.05) is 25.7 Å². The highest BCUT2D eigenvalue weighted by Crippen LogP contribution is 2.45. The van der Waals surface area contributed by atoms with E-state index in [1.54, 1.807) is 0 Å². The average molecular weight is 1520 g/mol. The molecule has 0 aliphatic carbocycles. The highest BCUT2D eigenvalue weighted by Gasteiger charge is 2.30. The summed E-state index contributed by atoms with van der Waals surface area (Å²) < 4.78 is 68.9. The van der Waals surface area contributed by atoms with E-state index in [1.165, 1.54) is 257 Å². The summed E-state index contributed by atoms with van der Waals surface area (Å²) in [5.74, 6) is 0.294. The van der Waals surface area contributed by atoms with Gasteiger partial charge in [-0.2, -0.15) is 0 Å². The van der Waals surface area contributed by atoms with Gasteiger partial charge in [-0.15, -0.1) is 0 Å². The van der Waals surface area contributed by atoms with Gasteiger partial charge >= 0.3 is 39.5 Å². The van der Waals surface area contributed by atoms with Gasteiger partial charge in [-0.3, -0.25) is 37.3 Å². The van der Waals surface area contributed by atoms with Crippen LogP contribution in [0.1, 0.15) is 447 Å². The zero-order chi connectivity index (χ0) is 76.5. The molecule has 0 spiro atoms. The number of aliphatic hydroxyl groups excluding tert-OH is 1. The summed E-state index contributed by atoms with van der Waals surface area (Å²) >= 11 is 0. The second-order valence-corrected chi connectivity index (χ2v) is 34.4. The van der Waals surface area contributed by atoms with Crippen LogP contribution in [0.5, 0.6) is 0 Å². The van der Waals surface area contributed by atoms with Crippen molar-refractivity contribution in [1.82, 2.24) is 0 Å². The Labute approximate surface area is 638 Å². The molecular weight excluding hydrogens is 1350 g/mol. The van der Waals surface area contributed by atoms with Gasteiger partial charge in [-0.05, 0) is 43.4 Å². The highest BCUT2D eigenvalue weighted by molar-refractivity contribution is 7.47. The van der Waals surface area contributed by atoms with E-state index in [2.05, 4.69) is 48.5 Å². The topological polar surface area (TPSA) is 237 Å². The molecule has 4 unspecified atom stereocenters. The Bertz CT molecular complexity index is 2010. The Kier molecular flexibility index (Phi) is 73.7. The van der Waals surface area contributed by atoms with Crippen LogP contribution in [-0.4, -0.2) is 96.7 Å². The van der Waals surface area contributed by atoms with Crippen LogP contribution >= 0.6 is 15.6 Å². The number of ether oxygens (including phenoxy) is 4. The maximum atomic E-state index is 13.1. The first-order valence-electron chi connectivity index (χ1n) is 43.9. The fraction of sp³-hybridized carbons (Fsp3) is 0.953. The molecule has 0 radical (unpaired) electrons.